The quantitative estimate of drug-likeness (QED) is 0.366. The Hall–Kier alpha value is -3.59. The zero-order valence-electron chi connectivity index (χ0n) is 19.5. The van der Waals surface area contributed by atoms with Gasteiger partial charge in [-0.3, -0.25) is 14.4 Å². The van der Waals surface area contributed by atoms with Crippen LogP contribution < -0.4 is 10.2 Å². The minimum absolute atomic E-state index is 0.228. The second-order valence-electron chi connectivity index (χ2n) is 8.75. The lowest BCUT2D eigenvalue weighted by molar-refractivity contribution is 0.0941. The third-order valence-electron chi connectivity index (χ3n) is 6.19. The third-order valence-corrected chi connectivity index (χ3v) is 6.69. The number of hydrogen-bond donors (Lipinski definition) is 2. The molecule has 1 unspecified atom stereocenters. The number of aromatic nitrogens is 3. The lowest BCUT2D eigenvalue weighted by atomic mass is 10.1. The number of ether oxygens (including phenoxy) is 1. The lowest BCUT2D eigenvalue weighted by Gasteiger charge is -2.22. The van der Waals surface area contributed by atoms with Gasteiger partial charge in [0.15, 0.2) is 0 Å². The Kier molecular flexibility index (Phi) is 6.34. The van der Waals surface area contributed by atoms with Gasteiger partial charge < -0.3 is 15.0 Å². The van der Waals surface area contributed by atoms with Crippen LogP contribution in [0.2, 0.25) is 0 Å². The van der Waals surface area contributed by atoms with E-state index in [2.05, 4.69) is 31.3 Å². The molecule has 2 N–H and O–H groups in total. The fraction of sp³-hybridized carbons (Fsp3) is 0.269. The molecule has 5 rings (SSSR count). The van der Waals surface area contributed by atoms with E-state index in [4.69, 9.17) is 4.74 Å². The smallest absolute Gasteiger partial charge is 0.414 e. The summed E-state index contributed by atoms with van der Waals surface area (Å²) in [5.74, 6) is -0.228. The Balaban J connectivity index is 1.44. The summed E-state index contributed by atoms with van der Waals surface area (Å²) in [6.07, 6.45) is 3.23. The fourth-order valence-electron chi connectivity index (χ4n) is 4.41. The van der Waals surface area contributed by atoms with E-state index in [1.165, 1.54) is 0 Å². The first kappa shape index (κ1) is 23.2. The van der Waals surface area contributed by atoms with Crippen LogP contribution in [0.4, 0.5) is 10.5 Å². The van der Waals surface area contributed by atoms with Crippen molar-refractivity contribution in [2.24, 2.45) is 7.05 Å². The maximum atomic E-state index is 13.4. The van der Waals surface area contributed by atoms with Crippen molar-refractivity contribution < 1.29 is 14.3 Å². The van der Waals surface area contributed by atoms with Crippen molar-refractivity contribution in [3.8, 4) is 0 Å². The minimum Gasteiger partial charge on any atom is -0.449 e. The molecule has 0 bridgehead atoms. The Morgan fingerprint density at radius 2 is 2.03 bits per heavy atom. The first-order valence-corrected chi connectivity index (χ1v) is 12.3. The van der Waals surface area contributed by atoms with Gasteiger partial charge in [-0.05, 0) is 73.9 Å². The van der Waals surface area contributed by atoms with Crippen LogP contribution >= 0.6 is 15.9 Å². The molecule has 1 fully saturated rings. The number of H-pyrrole nitrogens is 1. The lowest BCUT2D eigenvalue weighted by Crippen LogP contribution is -2.32. The van der Waals surface area contributed by atoms with Crippen molar-refractivity contribution in [3.63, 3.8) is 0 Å². The molecule has 1 aliphatic heterocycles. The topological polar surface area (TPSA) is 92.2 Å². The van der Waals surface area contributed by atoms with Gasteiger partial charge in [-0.2, -0.15) is 5.10 Å². The van der Waals surface area contributed by atoms with Gasteiger partial charge in [-0.1, -0.05) is 15.9 Å². The summed E-state index contributed by atoms with van der Waals surface area (Å²) < 4.78 is 7.98. The van der Waals surface area contributed by atoms with Gasteiger partial charge in [0, 0.05) is 52.1 Å². The van der Waals surface area contributed by atoms with Gasteiger partial charge in [0.05, 0.1) is 12.3 Å². The summed E-state index contributed by atoms with van der Waals surface area (Å²) >= 11 is 3.52. The van der Waals surface area contributed by atoms with E-state index in [0.29, 0.717) is 18.7 Å². The molecule has 3 heterocycles. The molecule has 35 heavy (non-hydrogen) atoms. The molecule has 0 radical (unpaired) electrons. The van der Waals surface area contributed by atoms with Crippen molar-refractivity contribution in [1.82, 2.24) is 20.1 Å². The highest BCUT2D eigenvalue weighted by Gasteiger charge is 2.24. The number of aryl methyl sites for hydroxylation is 2. The summed E-state index contributed by atoms with van der Waals surface area (Å²) in [7, 11) is 1.85. The molecule has 9 heteroatoms. The summed E-state index contributed by atoms with van der Waals surface area (Å²) in [6, 6.07) is 14.8. The second-order valence-corrected chi connectivity index (χ2v) is 9.67. The monoisotopic (exact) mass is 535 g/mol. The van der Waals surface area contributed by atoms with Crippen LogP contribution in [-0.4, -0.2) is 39.9 Å². The standard InChI is InChI=1S/C26H26BrN5O3/c1-16-13-17(5-8-23(16)32-10-3-4-12-35-26(32)34)25(33)29-24(21-9-11-31(2)30-21)22-15-18-14-19(27)6-7-20(18)28-22/h5-9,11,13-15,24,28H,3-4,10,12H2,1-2H3,(H,29,33). The van der Waals surface area contributed by atoms with E-state index in [1.54, 1.807) is 21.7 Å². The predicted octanol–water partition coefficient (Wildman–Crippen LogP) is 5.23. The number of cyclic esters (lactones) is 1. The predicted molar refractivity (Wildman–Crippen MR) is 138 cm³/mol. The van der Waals surface area contributed by atoms with E-state index in [-0.39, 0.29) is 12.0 Å². The number of benzene rings is 2. The van der Waals surface area contributed by atoms with Crippen molar-refractivity contribution in [3.05, 3.63) is 81.7 Å². The van der Waals surface area contributed by atoms with Gasteiger partial charge in [0.2, 0.25) is 0 Å². The third kappa shape index (κ3) is 4.81. The number of amides is 2. The number of carbonyl (C=O) groups excluding carboxylic acids is 2. The molecule has 4 aromatic rings. The summed E-state index contributed by atoms with van der Waals surface area (Å²) in [6.45, 7) is 2.94. The Bertz CT molecular complexity index is 1410. The molecular formula is C26H26BrN5O3. The summed E-state index contributed by atoms with van der Waals surface area (Å²) in [5, 5.41) is 8.72. The van der Waals surface area contributed by atoms with E-state index in [1.807, 2.05) is 56.6 Å². The zero-order valence-corrected chi connectivity index (χ0v) is 21.1. The highest BCUT2D eigenvalue weighted by molar-refractivity contribution is 9.10. The number of hydrogen-bond acceptors (Lipinski definition) is 4. The molecule has 2 aromatic heterocycles. The molecule has 2 aromatic carbocycles. The Morgan fingerprint density at radius 1 is 1.17 bits per heavy atom. The summed E-state index contributed by atoms with van der Waals surface area (Å²) in [4.78, 5) is 30.8. The molecule has 1 aliphatic rings. The van der Waals surface area contributed by atoms with Crippen LogP contribution in [0, 0.1) is 6.92 Å². The Labute approximate surface area is 211 Å². The van der Waals surface area contributed by atoms with Crippen molar-refractivity contribution in [2.75, 3.05) is 18.1 Å². The van der Waals surface area contributed by atoms with Crippen LogP contribution in [0.5, 0.6) is 0 Å². The molecule has 2 amide bonds. The van der Waals surface area contributed by atoms with E-state index >= 15 is 0 Å². The SMILES string of the molecule is Cc1cc(C(=O)NC(c2ccn(C)n2)c2cc3cc(Br)ccc3[nH]2)ccc1N1CCCCOC1=O. The molecule has 180 valence electrons. The number of halogens is 1. The normalized spacial score (nSPS) is 15.1. The number of nitrogens with one attached hydrogen (secondary N) is 2. The first-order valence-electron chi connectivity index (χ1n) is 11.5. The van der Waals surface area contributed by atoms with Crippen molar-refractivity contribution >= 4 is 44.5 Å². The van der Waals surface area contributed by atoms with Crippen molar-refractivity contribution in [2.45, 2.75) is 25.8 Å². The first-order chi connectivity index (χ1) is 16.9. The Morgan fingerprint density at radius 3 is 2.80 bits per heavy atom. The number of carbonyl (C=O) groups is 2. The molecule has 8 nitrogen and oxygen atoms in total. The molecule has 0 aliphatic carbocycles. The van der Waals surface area contributed by atoms with E-state index < -0.39 is 6.04 Å². The van der Waals surface area contributed by atoms with Gasteiger partial charge in [0.25, 0.3) is 5.91 Å². The number of rotatable bonds is 5. The minimum atomic E-state index is -0.463. The zero-order chi connectivity index (χ0) is 24.5. The summed E-state index contributed by atoms with van der Waals surface area (Å²) in [5.41, 5.74) is 4.65. The highest BCUT2D eigenvalue weighted by atomic mass is 79.9. The maximum absolute atomic E-state index is 13.4. The number of anilines is 1. The largest absolute Gasteiger partial charge is 0.449 e. The van der Waals surface area contributed by atoms with E-state index in [9.17, 15) is 9.59 Å². The molecule has 1 saturated heterocycles. The maximum Gasteiger partial charge on any atom is 0.414 e. The highest BCUT2D eigenvalue weighted by Crippen LogP contribution is 2.28. The van der Waals surface area contributed by atoms with Gasteiger partial charge in [0.1, 0.15) is 6.04 Å². The average Bonchev–Trinajstić information content (AvgIpc) is 3.39. The fourth-order valence-corrected chi connectivity index (χ4v) is 4.79. The number of nitrogens with zero attached hydrogens (tertiary/aromatic N) is 3. The number of fused-ring (bicyclic) bond motifs is 1. The molecule has 0 spiro atoms. The van der Waals surface area contributed by atoms with E-state index in [0.717, 1.165) is 50.9 Å². The van der Waals surface area contributed by atoms with Crippen molar-refractivity contribution in [1.29, 1.82) is 0 Å². The van der Waals surface area contributed by atoms with Crippen LogP contribution in [0.15, 0.2) is 59.2 Å². The van der Waals surface area contributed by atoms with Crippen LogP contribution in [0.25, 0.3) is 10.9 Å². The molecule has 1 atom stereocenters. The van der Waals surface area contributed by atoms with Crippen LogP contribution in [-0.2, 0) is 11.8 Å². The molecular weight excluding hydrogens is 510 g/mol. The van der Waals surface area contributed by atoms with Gasteiger partial charge in [-0.25, -0.2) is 4.79 Å². The van der Waals surface area contributed by atoms with Gasteiger partial charge in [-0.15, -0.1) is 0 Å². The van der Waals surface area contributed by atoms with Crippen LogP contribution in [0.1, 0.15) is 46.2 Å². The average molecular weight is 536 g/mol. The molecule has 0 saturated carbocycles. The second kappa shape index (κ2) is 9.58. The number of aromatic amines is 1. The van der Waals surface area contributed by atoms with Gasteiger partial charge >= 0.3 is 6.09 Å². The van der Waals surface area contributed by atoms with Crippen LogP contribution in [0.3, 0.4) is 0 Å².